The summed E-state index contributed by atoms with van der Waals surface area (Å²) < 4.78 is 0. The first-order valence-corrected chi connectivity index (χ1v) is 5.54. The molecule has 5 nitrogen and oxygen atoms in total. The Morgan fingerprint density at radius 2 is 2.18 bits per heavy atom. The fourth-order valence-corrected chi connectivity index (χ4v) is 1.79. The molecule has 0 bridgehead atoms. The summed E-state index contributed by atoms with van der Waals surface area (Å²) in [4.78, 5) is 19.4. The minimum Gasteiger partial charge on any atom is -0.481 e. The van der Waals surface area contributed by atoms with Crippen molar-refractivity contribution in [2.75, 3.05) is 5.32 Å². The van der Waals surface area contributed by atoms with Crippen molar-refractivity contribution < 1.29 is 9.90 Å². The molecule has 0 spiro atoms. The van der Waals surface area contributed by atoms with Crippen molar-refractivity contribution in [2.45, 2.75) is 26.3 Å². The maximum atomic E-state index is 10.8. The van der Waals surface area contributed by atoms with E-state index in [2.05, 4.69) is 15.3 Å². The molecule has 90 valence electrons. The Morgan fingerprint density at radius 1 is 1.41 bits per heavy atom. The van der Waals surface area contributed by atoms with Crippen LogP contribution in [0.15, 0.2) is 18.3 Å². The van der Waals surface area contributed by atoms with Crippen molar-refractivity contribution in [3.63, 3.8) is 0 Å². The van der Waals surface area contributed by atoms with E-state index in [9.17, 15) is 4.79 Å². The molecular weight excluding hydrogens is 218 g/mol. The predicted octanol–water partition coefficient (Wildman–Crippen LogP) is 1.53. The first-order valence-electron chi connectivity index (χ1n) is 5.54. The van der Waals surface area contributed by atoms with Crippen LogP contribution < -0.4 is 5.32 Å². The van der Waals surface area contributed by atoms with Gasteiger partial charge in [0.1, 0.15) is 5.82 Å². The standard InChI is InChI=1S/C12H15N3O2/c1-7-8(2)14-11(6-13-7)15-10-4-3-9(5-10)12(16)17/h3-4,6,9-10H,5H2,1-2H3,(H,14,15)(H,16,17). The number of nitrogens with one attached hydrogen (secondary N) is 1. The van der Waals surface area contributed by atoms with E-state index in [1.807, 2.05) is 19.9 Å². The van der Waals surface area contributed by atoms with Crippen LogP contribution in [0.3, 0.4) is 0 Å². The maximum absolute atomic E-state index is 10.8. The highest BCUT2D eigenvalue weighted by molar-refractivity contribution is 5.73. The van der Waals surface area contributed by atoms with Gasteiger partial charge in [-0.25, -0.2) is 4.98 Å². The van der Waals surface area contributed by atoms with E-state index in [4.69, 9.17) is 5.11 Å². The molecule has 17 heavy (non-hydrogen) atoms. The van der Waals surface area contributed by atoms with Crippen LogP contribution >= 0.6 is 0 Å². The van der Waals surface area contributed by atoms with Crippen LogP contribution in [0, 0.1) is 19.8 Å². The molecule has 0 aliphatic heterocycles. The maximum Gasteiger partial charge on any atom is 0.310 e. The third-order valence-electron chi connectivity index (χ3n) is 2.93. The fraction of sp³-hybridized carbons (Fsp3) is 0.417. The van der Waals surface area contributed by atoms with Crippen LogP contribution in [0.1, 0.15) is 17.8 Å². The van der Waals surface area contributed by atoms with Crippen molar-refractivity contribution >= 4 is 11.8 Å². The van der Waals surface area contributed by atoms with E-state index in [-0.39, 0.29) is 6.04 Å². The molecule has 5 heteroatoms. The number of aryl methyl sites for hydroxylation is 2. The van der Waals surface area contributed by atoms with E-state index in [0.29, 0.717) is 12.2 Å². The highest BCUT2D eigenvalue weighted by Crippen LogP contribution is 2.21. The van der Waals surface area contributed by atoms with Crippen LogP contribution in [0.5, 0.6) is 0 Å². The van der Waals surface area contributed by atoms with Gasteiger partial charge in [0.2, 0.25) is 0 Å². The Labute approximate surface area is 99.6 Å². The summed E-state index contributed by atoms with van der Waals surface area (Å²) in [7, 11) is 0. The number of anilines is 1. The van der Waals surface area contributed by atoms with E-state index in [1.165, 1.54) is 0 Å². The number of aliphatic carboxylic acids is 1. The third kappa shape index (κ3) is 2.61. The van der Waals surface area contributed by atoms with Gasteiger partial charge in [-0.1, -0.05) is 12.2 Å². The summed E-state index contributed by atoms with van der Waals surface area (Å²) >= 11 is 0. The van der Waals surface area contributed by atoms with Gasteiger partial charge in [-0.3, -0.25) is 9.78 Å². The second-order valence-corrected chi connectivity index (χ2v) is 4.24. The number of carboxylic acid groups (broad SMARTS) is 1. The number of rotatable bonds is 3. The van der Waals surface area contributed by atoms with Gasteiger partial charge in [0.15, 0.2) is 0 Å². The molecular formula is C12H15N3O2. The van der Waals surface area contributed by atoms with Crippen LogP contribution in [-0.2, 0) is 4.79 Å². The molecule has 1 aliphatic rings. The van der Waals surface area contributed by atoms with E-state index in [1.54, 1.807) is 12.3 Å². The summed E-state index contributed by atoms with van der Waals surface area (Å²) in [6.45, 7) is 3.81. The number of carboxylic acids is 1. The molecule has 0 radical (unpaired) electrons. The van der Waals surface area contributed by atoms with Crippen molar-refractivity contribution in [1.29, 1.82) is 0 Å². The van der Waals surface area contributed by atoms with Crippen LogP contribution in [-0.4, -0.2) is 27.1 Å². The average molecular weight is 233 g/mol. The second-order valence-electron chi connectivity index (χ2n) is 4.24. The Morgan fingerprint density at radius 3 is 2.76 bits per heavy atom. The van der Waals surface area contributed by atoms with Gasteiger partial charge in [0.05, 0.1) is 23.5 Å². The Kier molecular flexibility index (Phi) is 3.08. The summed E-state index contributed by atoms with van der Waals surface area (Å²) in [5.41, 5.74) is 1.78. The summed E-state index contributed by atoms with van der Waals surface area (Å²) in [6.07, 6.45) is 5.82. The lowest BCUT2D eigenvalue weighted by atomic mass is 10.1. The predicted molar refractivity (Wildman–Crippen MR) is 63.8 cm³/mol. The largest absolute Gasteiger partial charge is 0.481 e. The lowest BCUT2D eigenvalue weighted by molar-refractivity contribution is -0.140. The highest BCUT2D eigenvalue weighted by Gasteiger charge is 2.24. The lowest BCUT2D eigenvalue weighted by Crippen LogP contribution is -2.19. The molecule has 0 aromatic carbocycles. The van der Waals surface area contributed by atoms with Crippen molar-refractivity contribution in [2.24, 2.45) is 5.92 Å². The van der Waals surface area contributed by atoms with Crippen molar-refractivity contribution in [1.82, 2.24) is 9.97 Å². The zero-order valence-electron chi connectivity index (χ0n) is 9.84. The normalized spacial score (nSPS) is 22.7. The molecule has 0 fully saturated rings. The minimum absolute atomic E-state index is 0.0208. The summed E-state index contributed by atoms with van der Waals surface area (Å²) in [5.74, 6) is -0.488. The molecule has 1 aliphatic carbocycles. The first-order chi connectivity index (χ1) is 8.06. The van der Waals surface area contributed by atoms with Gasteiger partial charge in [0.25, 0.3) is 0 Å². The molecule has 2 N–H and O–H groups in total. The highest BCUT2D eigenvalue weighted by atomic mass is 16.4. The molecule has 1 aromatic heterocycles. The minimum atomic E-state index is -0.781. The van der Waals surface area contributed by atoms with Crippen molar-refractivity contribution in [3.05, 3.63) is 29.7 Å². The number of carbonyl (C=O) groups is 1. The fourth-order valence-electron chi connectivity index (χ4n) is 1.79. The molecule has 1 aromatic rings. The van der Waals surface area contributed by atoms with Gasteiger partial charge in [-0.15, -0.1) is 0 Å². The Bertz CT molecular complexity index is 471. The molecule has 2 rings (SSSR count). The van der Waals surface area contributed by atoms with Crippen LogP contribution in [0.2, 0.25) is 0 Å². The lowest BCUT2D eigenvalue weighted by Gasteiger charge is -2.13. The zero-order chi connectivity index (χ0) is 12.4. The number of hydrogen-bond donors (Lipinski definition) is 2. The van der Waals surface area contributed by atoms with E-state index in [0.717, 1.165) is 11.4 Å². The quantitative estimate of drug-likeness (QED) is 0.774. The molecule has 0 saturated heterocycles. The second kappa shape index (κ2) is 4.53. The van der Waals surface area contributed by atoms with E-state index >= 15 is 0 Å². The van der Waals surface area contributed by atoms with Crippen LogP contribution in [0.4, 0.5) is 5.82 Å². The molecule has 1 heterocycles. The third-order valence-corrected chi connectivity index (χ3v) is 2.93. The van der Waals surface area contributed by atoms with E-state index < -0.39 is 11.9 Å². The smallest absolute Gasteiger partial charge is 0.310 e. The molecule has 2 atom stereocenters. The molecule has 2 unspecified atom stereocenters. The topological polar surface area (TPSA) is 75.1 Å². The monoisotopic (exact) mass is 233 g/mol. The van der Waals surface area contributed by atoms with Gasteiger partial charge in [-0.2, -0.15) is 0 Å². The Balaban J connectivity index is 2.01. The summed E-state index contributed by atoms with van der Waals surface area (Å²) in [5, 5.41) is 12.0. The van der Waals surface area contributed by atoms with Gasteiger partial charge >= 0.3 is 5.97 Å². The van der Waals surface area contributed by atoms with Crippen molar-refractivity contribution in [3.8, 4) is 0 Å². The van der Waals surface area contributed by atoms with Gasteiger partial charge < -0.3 is 10.4 Å². The number of nitrogens with zero attached hydrogens (tertiary/aromatic N) is 2. The van der Waals surface area contributed by atoms with Gasteiger partial charge in [-0.05, 0) is 20.3 Å². The molecule has 0 saturated carbocycles. The number of hydrogen-bond acceptors (Lipinski definition) is 4. The summed E-state index contributed by atoms with van der Waals surface area (Å²) in [6, 6.07) is 0.0208. The molecule has 0 amide bonds. The average Bonchev–Trinajstić information content (AvgIpc) is 2.72. The SMILES string of the molecule is Cc1ncc(NC2C=CC(C(=O)O)C2)nc1C. The first kappa shape index (κ1) is 11.6. The zero-order valence-corrected chi connectivity index (χ0v) is 9.84. The number of aromatic nitrogens is 2. The Hall–Kier alpha value is -1.91. The van der Waals surface area contributed by atoms with Gasteiger partial charge in [0, 0.05) is 6.04 Å². The van der Waals surface area contributed by atoms with Crippen LogP contribution in [0.25, 0.3) is 0 Å².